The van der Waals surface area contributed by atoms with Crippen molar-refractivity contribution in [1.82, 2.24) is 5.32 Å². The molecule has 0 saturated carbocycles. The van der Waals surface area contributed by atoms with E-state index in [1.54, 1.807) is 13.8 Å². The Hall–Kier alpha value is -3.20. The molecule has 1 aliphatic carbocycles. The predicted molar refractivity (Wildman–Crippen MR) is 117 cm³/mol. The van der Waals surface area contributed by atoms with Crippen LogP contribution in [0.4, 0.5) is 23.2 Å². The molecule has 10 heteroatoms. The Balaban J connectivity index is 1.94. The fraction of sp³-hybridized carbons (Fsp3) is 0.292. The lowest BCUT2D eigenvalue weighted by atomic mass is 9.72. The quantitative estimate of drug-likeness (QED) is 0.596. The van der Waals surface area contributed by atoms with Crippen LogP contribution >= 0.6 is 11.6 Å². The van der Waals surface area contributed by atoms with Gasteiger partial charge >= 0.3 is 6.18 Å². The minimum atomic E-state index is -5.36. The molecule has 1 heterocycles. The second kappa shape index (κ2) is 7.94. The van der Waals surface area contributed by atoms with E-state index >= 15 is 0 Å². The molecule has 1 atom stereocenters. The van der Waals surface area contributed by atoms with Crippen molar-refractivity contribution < 1.29 is 31.9 Å². The molecular formula is C24H19ClF4N2O3. The van der Waals surface area contributed by atoms with Gasteiger partial charge in [0.05, 0.1) is 5.57 Å². The summed E-state index contributed by atoms with van der Waals surface area (Å²) in [5.74, 6) is -4.33. The van der Waals surface area contributed by atoms with Gasteiger partial charge in [0.25, 0.3) is 11.8 Å². The first-order chi connectivity index (χ1) is 15.8. The molecule has 1 aliphatic heterocycles. The first-order valence-electron chi connectivity index (χ1n) is 10.3. The van der Waals surface area contributed by atoms with Crippen LogP contribution in [0.2, 0.25) is 5.02 Å². The highest BCUT2D eigenvalue weighted by molar-refractivity contribution is 6.31. The summed E-state index contributed by atoms with van der Waals surface area (Å²) in [7, 11) is 0. The molecule has 2 aromatic rings. The summed E-state index contributed by atoms with van der Waals surface area (Å²) >= 11 is 5.87. The lowest BCUT2D eigenvalue weighted by Gasteiger charge is -2.35. The smallest absolute Gasteiger partial charge is 0.326 e. The summed E-state index contributed by atoms with van der Waals surface area (Å²) in [6.45, 7) is 3.39. The minimum absolute atomic E-state index is 0.0396. The van der Waals surface area contributed by atoms with Crippen LogP contribution in [0.5, 0.6) is 0 Å². The molecule has 178 valence electrons. The van der Waals surface area contributed by atoms with Crippen LogP contribution in [0.1, 0.15) is 37.0 Å². The SMILES string of the molecule is CC1(C)CC(=O)C2=C(C1)N(c1ccc(F)cc1)C(=O)[C@]2(NC(=O)c1cccc(Cl)c1)C(F)(F)F. The van der Waals surface area contributed by atoms with Gasteiger partial charge in [-0.2, -0.15) is 13.2 Å². The van der Waals surface area contributed by atoms with E-state index in [1.165, 1.54) is 18.2 Å². The molecule has 0 radical (unpaired) electrons. The molecule has 0 fully saturated rings. The number of alkyl halides is 3. The highest BCUT2D eigenvalue weighted by Gasteiger charge is 2.72. The van der Waals surface area contributed by atoms with Gasteiger partial charge in [-0.05, 0) is 54.3 Å². The van der Waals surface area contributed by atoms with Crippen LogP contribution in [0, 0.1) is 11.2 Å². The van der Waals surface area contributed by atoms with E-state index in [0.717, 1.165) is 35.2 Å². The van der Waals surface area contributed by atoms with Crippen molar-refractivity contribution in [2.24, 2.45) is 5.41 Å². The number of ketones is 1. The molecule has 2 amide bonds. The molecule has 2 aromatic carbocycles. The number of anilines is 1. The molecule has 0 aromatic heterocycles. The third kappa shape index (κ3) is 3.77. The van der Waals surface area contributed by atoms with Crippen LogP contribution in [0.15, 0.2) is 59.8 Å². The number of amides is 2. The summed E-state index contributed by atoms with van der Waals surface area (Å²) in [5, 5.41) is 1.93. The number of halogens is 5. The van der Waals surface area contributed by atoms with Gasteiger partial charge < -0.3 is 5.32 Å². The van der Waals surface area contributed by atoms with Crippen LogP contribution in [0.3, 0.4) is 0 Å². The first-order valence-corrected chi connectivity index (χ1v) is 10.7. The zero-order chi connectivity index (χ0) is 25.1. The molecule has 0 spiro atoms. The Morgan fingerprint density at radius 2 is 1.71 bits per heavy atom. The normalized spacial score (nSPS) is 22.1. The highest BCUT2D eigenvalue weighted by Crippen LogP contribution is 2.52. The van der Waals surface area contributed by atoms with E-state index in [1.807, 2.05) is 5.32 Å². The second-order valence-electron chi connectivity index (χ2n) is 9.09. The summed E-state index contributed by atoms with van der Waals surface area (Å²) in [5.41, 5.74) is -5.59. The van der Waals surface area contributed by atoms with Crippen LogP contribution in [-0.4, -0.2) is 29.3 Å². The summed E-state index contributed by atoms with van der Waals surface area (Å²) < 4.78 is 57.8. The maximum atomic E-state index is 14.8. The van der Waals surface area contributed by atoms with E-state index in [2.05, 4.69) is 0 Å². The lowest BCUT2D eigenvalue weighted by Crippen LogP contribution is -2.66. The van der Waals surface area contributed by atoms with Gasteiger partial charge in [0.1, 0.15) is 5.82 Å². The van der Waals surface area contributed by atoms with Gasteiger partial charge in [-0.15, -0.1) is 0 Å². The van der Waals surface area contributed by atoms with Crippen molar-refractivity contribution in [1.29, 1.82) is 0 Å². The van der Waals surface area contributed by atoms with Crippen molar-refractivity contribution in [3.05, 3.63) is 76.2 Å². The number of nitrogens with one attached hydrogen (secondary N) is 1. The Labute approximate surface area is 197 Å². The van der Waals surface area contributed by atoms with Crippen LogP contribution < -0.4 is 10.2 Å². The molecule has 4 rings (SSSR count). The Bertz CT molecular complexity index is 1240. The van der Waals surface area contributed by atoms with E-state index in [9.17, 15) is 31.9 Å². The van der Waals surface area contributed by atoms with Crippen molar-refractivity contribution >= 4 is 34.9 Å². The zero-order valence-electron chi connectivity index (χ0n) is 18.1. The second-order valence-corrected chi connectivity index (χ2v) is 9.53. The number of allylic oxidation sites excluding steroid dienone is 1. The standard InChI is InChI=1S/C24H19ClF4N2O3/c1-22(2)11-17-19(18(32)12-22)23(24(27,28)29,30-20(33)13-4-3-5-14(25)10-13)21(34)31(17)16-8-6-15(26)7-9-16/h3-10H,11-12H2,1-2H3,(H,30,33)/t23-/m0/s1. The van der Waals surface area contributed by atoms with E-state index in [0.29, 0.717) is 0 Å². The number of Topliss-reactive ketones (excluding diaryl/α,β-unsaturated/α-hetero) is 1. The Morgan fingerprint density at radius 1 is 1.06 bits per heavy atom. The molecule has 1 N–H and O–H groups in total. The third-order valence-electron chi connectivity index (χ3n) is 5.92. The average molecular weight is 495 g/mol. The number of rotatable bonds is 3. The van der Waals surface area contributed by atoms with E-state index in [-0.39, 0.29) is 34.8 Å². The Morgan fingerprint density at radius 3 is 2.29 bits per heavy atom. The van der Waals surface area contributed by atoms with Crippen molar-refractivity contribution in [3.63, 3.8) is 0 Å². The fourth-order valence-electron chi connectivity index (χ4n) is 4.49. The summed E-state index contributed by atoms with van der Waals surface area (Å²) in [4.78, 5) is 40.4. The molecule has 0 saturated heterocycles. The number of hydrogen-bond acceptors (Lipinski definition) is 3. The molecule has 5 nitrogen and oxygen atoms in total. The van der Waals surface area contributed by atoms with Crippen LogP contribution in [-0.2, 0) is 9.59 Å². The Kier molecular flexibility index (Phi) is 5.59. The van der Waals surface area contributed by atoms with Gasteiger partial charge in [-0.25, -0.2) is 4.39 Å². The lowest BCUT2D eigenvalue weighted by molar-refractivity contribution is -0.186. The van der Waals surface area contributed by atoms with E-state index in [4.69, 9.17) is 11.6 Å². The number of benzene rings is 2. The van der Waals surface area contributed by atoms with Gasteiger partial charge in [0, 0.05) is 28.4 Å². The van der Waals surface area contributed by atoms with Crippen molar-refractivity contribution in [2.75, 3.05) is 4.90 Å². The van der Waals surface area contributed by atoms with Crippen LogP contribution in [0.25, 0.3) is 0 Å². The summed E-state index contributed by atoms with van der Waals surface area (Å²) in [6, 6.07) is 9.49. The topological polar surface area (TPSA) is 66.5 Å². The molecule has 0 bridgehead atoms. The maximum Gasteiger partial charge on any atom is 0.425 e. The highest BCUT2D eigenvalue weighted by atomic mass is 35.5. The minimum Gasteiger partial charge on any atom is -0.326 e. The average Bonchev–Trinajstić information content (AvgIpc) is 2.96. The fourth-order valence-corrected chi connectivity index (χ4v) is 4.68. The molecular weight excluding hydrogens is 476 g/mol. The molecule has 0 unspecified atom stereocenters. The number of carbonyl (C=O) groups is 3. The zero-order valence-corrected chi connectivity index (χ0v) is 18.9. The number of nitrogens with zero attached hydrogens (tertiary/aromatic N) is 1. The van der Waals surface area contributed by atoms with E-state index < -0.39 is 46.1 Å². The summed E-state index contributed by atoms with van der Waals surface area (Å²) in [6.07, 6.45) is -5.64. The van der Waals surface area contributed by atoms with Gasteiger partial charge in [0.2, 0.25) is 5.54 Å². The van der Waals surface area contributed by atoms with Crippen molar-refractivity contribution in [3.8, 4) is 0 Å². The van der Waals surface area contributed by atoms with Gasteiger partial charge in [-0.1, -0.05) is 31.5 Å². The van der Waals surface area contributed by atoms with Gasteiger partial charge in [-0.3, -0.25) is 19.3 Å². The predicted octanol–water partition coefficient (Wildman–Crippen LogP) is 5.20. The molecule has 34 heavy (non-hydrogen) atoms. The molecule has 2 aliphatic rings. The first kappa shape index (κ1) is 23.9. The maximum absolute atomic E-state index is 14.8. The van der Waals surface area contributed by atoms with Crippen molar-refractivity contribution in [2.45, 2.75) is 38.4 Å². The van der Waals surface area contributed by atoms with Gasteiger partial charge in [0.15, 0.2) is 5.78 Å². The third-order valence-corrected chi connectivity index (χ3v) is 6.15. The largest absolute Gasteiger partial charge is 0.425 e. The monoisotopic (exact) mass is 494 g/mol. The number of hydrogen-bond donors (Lipinski definition) is 1. The number of carbonyl (C=O) groups excluding carboxylic acids is 3.